The molecule has 2 atom stereocenters. The second-order valence-electron chi connectivity index (χ2n) is 5.22. The summed E-state index contributed by atoms with van der Waals surface area (Å²) in [6.45, 7) is 6.67. The van der Waals surface area contributed by atoms with E-state index < -0.39 is 0 Å². The van der Waals surface area contributed by atoms with Gasteiger partial charge >= 0.3 is 0 Å². The Balaban J connectivity index is 2.44. The third kappa shape index (κ3) is 5.49. The third-order valence-corrected chi connectivity index (χ3v) is 4.65. The molecule has 0 aliphatic carbocycles. The predicted octanol–water partition coefficient (Wildman–Crippen LogP) is 4.19. The zero-order chi connectivity index (χ0) is 13.4. The van der Waals surface area contributed by atoms with Gasteiger partial charge in [0.2, 0.25) is 0 Å². The lowest BCUT2D eigenvalue weighted by molar-refractivity contribution is 0.358. The van der Waals surface area contributed by atoms with E-state index in [1.54, 1.807) is 11.3 Å². The zero-order valence-electron chi connectivity index (χ0n) is 12.3. The van der Waals surface area contributed by atoms with Crippen LogP contribution in [0.2, 0.25) is 0 Å². The number of nitrogens with zero attached hydrogens (tertiary/aromatic N) is 1. The van der Waals surface area contributed by atoms with Crippen molar-refractivity contribution < 1.29 is 0 Å². The second kappa shape index (κ2) is 8.65. The number of aromatic nitrogens is 1. The molecule has 3 heteroatoms. The van der Waals surface area contributed by atoms with Crippen LogP contribution in [0, 0.1) is 12.8 Å². The summed E-state index contributed by atoms with van der Waals surface area (Å²) >= 11 is 1.79. The van der Waals surface area contributed by atoms with Crippen molar-refractivity contribution in [3.63, 3.8) is 0 Å². The summed E-state index contributed by atoms with van der Waals surface area (Å²) in [7, 11) is 2.08. The maximum absolute atomic E-state index is 4.57. The van der Waals surface area contributed by atoms with Crippen LogP contribution in [0.15, 0.2) is 5.38 Å². The summed E-state index contributed by atoms with van der Waals surface area (Å²) in [5.41, 5.74) is 1.16. The Morgan fingerprint density at radius 1 is 1.39 bits per heavy atom. The minimum Gasteiger partial charge on any atom is -0.317 e. The standard InChI is InChI=1S/C15H28N2S/c1-5-7-8-13(6-2)9-14(16-4)10-15-17-12(3)11-18-15/h11,13-14,16H,5-10H2,1-4H3. The van der Waals surface area contributed by atoms with Crippen LogP contribution in [-0.4, -0.2) is 18.1 Å². The largest absolute Gasteiger partial charge is 0.317 e. The average molecular weight is 268 g/mol. The lowest BCUT2D eigenvalue weighted by atomic mass is 9.91. The fourth-order valence-corrected chi connectivity index (χ4v) is 3.25. The molecule has 1 aromatic heterocycles. The Hall–Kier alpha value is -0.410. The fourth-order valence-electron chi connectivity index (χ4n) is 2.39. The van der Waals surface area contributed by atoms with Gasteiger partial charge in [0, 0.05) is 23.5 Å². The lowest BCUT2D eigenvalue weighted by Gasteiger charge is -2.21. The Bertz CT molecular complexity index is 322. The van der Waals surface area contributed by atoms with Crippen molar-refractivity contribution in [1.82, 2.24) is 10.3 Å². The van der Waals surface area contributed by atoms with Crippen LogP contribution in [-0.2, 0) is 6.42 Å². The van der Waals surface area contributed by atoms with Crippen molar-refractivity contribution in [3.05, 3.63) is 16.1 Å². The highest BCUT2D eigenvalue weighted by Gasteiger charge is 2.15. The van der Waals surface area contributed by atoms with Crippen LogP contribution in [0.1, 0.15) is 56.7 Å². The first-order valence-corrected chi connectivity index (χ1v) is 8.15. The van der Waals surface area contributed by atoms with Gasteiger partial charge in [-0.05, 0) is 26.3 Å². The first-order chi connectivity index (χ1) is 8.69. The summed E-state index contributed by atoms with van der Waals surface area (Å²) < 4.78 is 0. The number of hydrogen-bond acceptors (Lipinski definition) is 3. The zero-order valence-corrected chi connectivity index (χ0v) is 13.1. The Labute approximate surface area is 116 Å². The molecule has 0 aromatic carbocycles. The van der Waals surface area contributed by atoms with Crippen molar-refractivity contribution in [3.8, 4) is 0 Å². The van der Waals surface area contributed by atoms with Crippen LogP contribution in [0.3, 0.4) is 0 Å². The van der Waals surface area contributed by atoms with E-state index in [4.69, 9.17) is 0 Å². The first kappa shape index (κ1) is 15.6. The number of hydrogen-bond donors (Lipinski definition) is 1. The van der Waals surface area contributed by atoms with Crippen molar-refractivity contribution in [1.29, 1.82) is 0 Å². The highest BCUT2D eigenvalue weighted by molar-refractivity contribution is 7.09. The molecule has 104 valence electrons. The number of unbranched alkanes of at least 4 members (excludes halogenated alkanes) is 1. The molecule has 0 saturated heterocycles. The molecular weight excluding hydrogens is 240 g/mol. The molecular formula is C15H28N2S. The minimum atomic E-state index is 0.581. The average Bonchev–Trinajstić information content (AvgIpc) is 2.78. The highest BCUT2D eigenvalue weighted by atomic mass is 32.1. The minimum absolute atomic E-state index is 0.581. The molecule has 0 amide bonds. The molecule has 1 rings (SSSR count). The lowest BCUT2D eigenvalue weighted by Crippen LogP contribution is -2.30. The molecule has 0 aliphatic rings. The normalized spacial score (nSPS) is 14.7. The quantitative estimate of drug-likeness (QED) is 0.726. The number of nitrogens with one attached hydrogen (secondary N) is 1. The molecule has 1 heterocycles. The molecule has 18 heavy (non-hydrogen) atoms. The van der Waals surface area contributed by atoms with Gasteiger partial charge in [-0.3, -0.25) is 0 Å². The number of likely N-dealkylation sites (N-methyl/N-ethyl adjacent to an activating group) is 1. The monoisotopic (exact) mass is 268 g/mol. The molecule has 0 spiro atoms. The van der Waals surface area contributed by atoms with Gasteiger partial charge in [-0.15, -0.1) is 11.3 Å². The van der Waals surface area contributed by atoms with E-state index in [1.807, 2.05) is 0 Å². The van der Waals surface area contributed by atoms with Gasteiger partial charge in [0.25, 0.3) is 0 Å². The second-order valence-corrected chi connectivity index (χ2v) is 6.17. The summed E-state index contributed by atoms with van der Waals surface area (Å²) in [5, 5.41) is 6.89. The SMILES string of the molecule is CCCCC(CC)CC(Cc1nc(C)cs1)NC. The summed E-state index contributed by atoms with van der Waals surface area (Å²) in [4.78, 5) is 4.57. The maximum atomic E-state index is 4.57. The van der Waals surface area contributed by atoms with E-state index in [9.17, 15) is 0 Å². The van der Waals surface area contributed by atoms with Gasteiger partial charge < -0.3 is 5.32 Å². The highest BCUT2D eigenvalue weighted by Crippen LogP contribution is 2.21. The topological polar surface area (TPSA) is 24.9 Å². The van der Waals surface area contributed by atoms with Crippen molar-refractivity contribution in [2.24, 2.45) is 5.92 Å². The number of thiazole rings is 1. The predicted molar refractivity (Wildman–Crippen MR) is 81.3 cm³/mol. The molecule has 1 aromatic rings. The Kier molecular flexibility index (Phi) is 7.52. The van der Waals surface area contributed by atoms with E-state index >= 15 is 0 Å². The Morgan fingerprint density at radius 3 is 2.67 bits per heavy atom. The third-order valence-electron chi connectivity index (χ3n) is 3.66. The van der Waals surface area contributed by atoms with E-state index in [2.05, 4.69) is 43.5 Å². The van der Waals surface area contributed by atoms with Gasteiger partial charge in [-0.2, -0.15) is 0 Å². The maximum Gasteiger partial charge on any atom is 0.0943 e. The van der Waals surface area contributed by atoms with E-state index in [0.717, 1.165) is 18.0 Å². The summed E-state index contributed by atoms with van der Waals surface area (Å²) in [6.07, 6.45) is 7.72. The van der Waals surface area contributed by atoms with E-state index in [0.29, 0.717) is 6.04 Å². The molecule has 2 unspecified atom stereocenters. The van der Waals surface area contributed by atoms with Gasteiger partial charge in [-0.1, -0.05) is 39.5 Å². The molecule has 0 fully saturated rings. The van der Waals surface area contributed by atoms with Crippen LogP contribution in [0.5, 0.6) is 0 Å². The molecule has 1 N–H and O–H groups in total. The molecule has 2 nitrogen and oxygen atoms in total. The van der Waals surface area contributed by atoms with Crippen molar-refractivity contribution in [2.75, 3.05) is 7.05 Å². The van der Waals surface area contributed by atoms with Crippen LogP contribution >= 0.6 is 11.3 Å². The van der Waals surface area contributed by atoms with Gasteiger partial charge in [-0.25, -0.2) is 4.98 Å². The molecule has 0 radical (unpaired) electrons. The van der Waals surface area contributed by atoms with E-state index in [1.165, 1.54) is 37.1 Å². The Morgan fingerprint density at radius 2 is 2.17 bits per heavy atom. The summed E-state index contributed by atoms with van der Waals surface area (Å²) in [6, 6.07) is 0.581. The number of rotatable bonds is 9. The van der Waals surface area contributed by atoms with Crippen molar-refractivity contribution in [2.45, 2.75) is 65.3 Å². The van der Waals surface area contributed by atoms with Gasteiger partial charge in [0.1, 0.15) is 0 Å². The van der Waals surface area contributed by atoms with Gasteiger partial charge in [0.15, 0.2) is 0 Å². The van der Waals surface area contributed by atoms with Crippen LogP contribution in [0.4, 0.5) is 0 Å². The van der Waals surface area contributed by atoms with Crippen LogP contribution < -0.4 is 5.32 Å². The van der Waals surface area contributed by atoms with Crippen LogP contribution in [0.25, 0.3) is 0 Å². The summed E-state index contributed by atoms with van der Waals surface area (Å²) in [5.74, 6) is 0.864. The molecule has 0 saturated carbocycles. The smallest absolute Gasteiger partial charge is 0.0943 e. The van der Waals surface area contributed by atoms with E-state index in [-0.39, 0.29) is 0 Å². The molecule has 0 aliphatic heterocycles. The van der Waals surface area contributed by atoms with Gasteiger partial charge in [0.05, 0.1) is 5.01 Å². The fraction of sp³-hybridized carbons (Fsp3) is 0.800. The first-order valence-electron chi connectivity index (χ1n) is 7.27. The van der Waals surface area contributed by atoms with Crippen molar-refractivity contribution >= 4 is 11.3 Å². The molecule has 0 bridgehead atoms. The number of aryl methyl sites for hydroxylation is 1.